The summed E-state index contributed by atoms with van der Waals surface area (Å²) < 4.78 is 22.9. The van der Waals surface area contributed by atoms with Crippen LogP contribution in [0.25, 0.3) is 0 Å². The van der Waals surface area contributed by atoms with Gasteiger partial charge in [-0.1, -0.05) is 6.92 Å². The summed E-state index contributed by atoms with van der Waals surface area (Å²) in [5, 5.41) is 0. The van der Waals surface area contributed by atoms with Gasteiger partial charge < -0.3 is 15.2 Å². The van der Waals surface area contributed by atoms with E-state index in [0.717, 1.165) is 18.6 Å². The van der Waals surface area contributed by atoms with Crippen LogP contribution in [0.4, 0.5) is 10.1 Å². The Morgan fingerprint density at radius 2 is 2.19 bits per heavy atom. The number of nitrogen functional groups attached to an aromatic ring is 1. The van der Waals surface area contributed by atoms with Gasteiger partial charge in [-0.3, -0.25) is 0 Å². The zero-order valence-corrected chi connectivity index (χ0v) is 9.25. The highest BCUT2D eigenvalue weighted by Gasteiger charge is 2.16. The molecule has 1 rings (SSSR count). The molecular formula is C11H14FNO3. The smallest absolute Gasteiger partial charge is 0.340 e. The van der Waals surface area contributed by atoms with Crippen LogP contribution in [-0.2, 0) is 4.74 Å². The summed E-state index contributed by atoms with van der Waals surface area (Å²) in [7, 11) is 1.21. The molecule has 5 heteroatoms. The van der Waals surface area contributed by atoms with E-state index >= 15 is 0 Å². The minimum absolute atomic E-state index is 0.0198. The third-order valence-corrected chi connectivity index (χ3v) is 1.97. The monoisotopic (exact) mass is 227 g/mol. The van der Waals surface area contributed by atoms with Gasteiger partial charge in [-0.2, -0.15) is 0 Å². The molecule has 0 amide bonds. The number of hydrogen-bond donors (Lipinski definition) is 1. The summed E-state index contributed by atoms with van der Waals surface area (Å²) in [5.74, 6) is -1.10. The van der Waals surface area contributed by atoms with Crippen LogP contribution in [0.3, 0.4) is 0 Å². The predicted molar refractivity (Wildman–Crippen MR) is 57.9 cm³/mol. The highest BCUT2D eigenvalue weighted by molar-refractivity contribution is 5.96. The number of halogens is 1. The van der Waals surface area contributed by atoms with Gasteiger partial charge in [0.25, 0.3) is 0 Å². The van der Waals surface area contributed by atoms with Crippen molar-refractivity contribution >= 4 is 11.7 Å². The number of anilines is 1. The second kappa shape index (κ2) is 5.34. The van der Waals surface area contributed by atoms with Crippen LogP contribution in [0.2, 0.25) is 0 Å². The van der Waals surface area contributed by atoms with Gasteiger partial charge in [-0.25, -0.2) is 9.18 Å². The molecule has 0 aliphatic heterocycles. The molecule has 1 aromatic rings. The number of hydrogen-bond acceptors (Lipinski definition) is 4. The van der Waals surface area contributed by atoms with Gasteiger partial charge in [0, 0.05) is 6.07 Å². The maximum atomic E-state index is 13.2. The minimum Gasteiger partial charge on any atom is -0.491 e. The van der Waals surface area contributed by atoms with Gasteiger partial charge in [0.1, 0.15) is 11.6 Å². The average molecular weight is 227 g/mol. The first-order valence-electron chi connectivity index (χ1n) is 4.90. The summed E-state index contributed by atoms with van der Waals surface area (Å²) >= 11 is 0. The topological polar surface area (TPSA) is 61.5 Å². The Morgan fingerprint density at radius 1 is 1.50 bits per heavy atom. The first-order valence-corrected chi connectivity index (χ1v) is 4.90. The van der Waals surface area contributed by atoms with Gasteiger partial charge in [-0.15, -0.1) is 0 Å². The van der Waals surface area contributed by atoms with Crippen molar-refractivity contribution < 1.29 is 18.7 Å². The highest BCUT2D eigenvalue weighted by Crippen LogP contribution is 2.27. The Bertz CT molecular complexity index is 393. The van der Waals surface area contributed by atoms with Crippen LogP contribution in [0.15, 0.2) is 12.1 Å². The summed E-state index contributed by atoms with van der Waals surface area (Å²) in [5.41, 5.74) is 5.76. The Balaban J connectivity index is 3.10. The van der Waals surface area contributed by atoms with E-state index in [1.807, 2.05) is 6.92 Å². The lowest BCUT2D eigenvalue weighted by molar-refractivity contribution is 0.0601. The highest BCUT2D eigenvalue weighted by atomic mass is 19.1. The van der Waals surface area contributed by atoms with Gasteiger partial charge in [0.05, 0.1) is 25.0 Å². The molecule has 4 nitrogen and oxygen atoms in total. The van der Waals surface area contributed by atoms with Crippen LogP contribution < -0.4 is 10.5 Å². The van der Waals surface area contributed by atoms with E-state index in [0.29, 0.717) is 6.61 Å². The second-order valence-electron chi connectivity index (χ2n) is 3.21. The molecule has 16 heavy (non-hydrogen) atoms. The molecule has 0 unspecified atom stereocenters. The normalized spacial score (nSPS) is 9.94. The minimum atomic E-state index is -0.682. The third-order valence-electron chi connectivity index (χ3n) is 1.97. The molecule has 0 radical (unpaired) electrons. The van der Waals surface area contributed by atoms with Crippen molar-refractivity contribution in [2.45, 2.75) is 13.3 Å². The summed E-state index contributed by atoms with van der Waals surface area (Å²) in [6.45, 7) is 2.32. The van der Waals surface area contributed by atoms with Crippen molar-refractivity contribution in [1.29, 1.82) is 0 Å². The molecule has 1 aromatic carbocycles. The molecule has 2 N–H and O–H groups in total. The quantitative estimate of drug-likeness (QED) is 0.631. The molecule has 0 saturated heterocycles. The third kappa shape index (κ3) is 2.62. The molecule has 0 fully saturated rings. The fraction of sp³-hybridized carbons (Fsp3) is 0.364. The molecular weight excluding hydrogens is 213 g/mol. The number of benzene rings is 1. The summed E-state index contributed by atoms with van der Waals surface area (Å²) in [4.78, 5) is 11.3. The molecule has 0 saturated carbocycles. The van der Waals surface area contributed by atoms with Gasteiger partial charge >= 0.3 is 5.97 Å². The van der Waals surface area contributed by atoms with Crippen LogP contribution in [0.5, 0.6) is 5.75 Å². The fourth-order valence-electron chi connectivity index (χ4n) is 1.20. The first-order chi connectivity index (χ1) is 7.60. The van der Waals surface area contributed by atoms with E-state index < -0.39 is 11.8 Å². The van der Waals surface area contributed by atoms with Crippen LogP contribution >= 0.6 is 0 Å². The van der Waals surface area contributed by atoms with E-state index in [4.69, 9.17) is 10.5 Å². The van der Waals surface area contributed by atoms with E-state index in [-0.39, 0.29) is 17.0 Å². The van der Waals surface area contributed by atoms with E-state index in [9.17, 15) is 9.18 Å². The lowest BCUT2D eigenvalue weighted by Gasteiger charge is -2.11. The van der Waals surface area contributed by atoms with E-state index in [1.165, 1.54) is 7.11 Å². The lowest BCUT2D eigenvalue weighted by Crippen LogP contribution is -2.09. The molecule has 0 aliphatic carbocycles. The maximum absolute atomic E-state index is 13.2. The second-order valence-corrected chi connectivity index (χ2v) is 3.21. The zero-order chi connectivity index (χ0) is 12.1. The standard InChI is InChI=1S/C11H14FNO3/c1-3-4-16-9-6-7(12)5-8(10(9)13)11(14)15-2/h5-6H,3-4,13H2,1-2H3. The molecule has 88 valence electrons. The molecule has 0 atom stereocenters. The number of carbonyl (C=O) groups excluding carboxylic acids is 1. The molecule has 0 aromatic heterocycles. The SMILES string of the molecule is CCCOc1cc(F)cc(C(=O)OC)c1N. The number of esters is 1. The number of methoxy groups -OCH3 is 1. The van der Waals surface area contributed by atoms with Crippen molar-refractivity contribution in [2.24, 2.45) is 0 Å². The largest absolute Gasteiger partial charge is 0.491 e. The summed E-state index contributed by atoms with van der Waals surface area (Å²) in [6, 6.07) is 2.18. The number of carbonyl (C=O) groups is 1. The lowest BCUT2D eigenvalue weighted by atomic mass is 10.1. The Labute approximate surface area is 93.2 Å². The number of ether oxygens (including phenoxy) is 2. The fourth-order valence-corrected chi connectivity index (χ4v) is 1.20. The van der Waals surface area contributed by atoms with Crippen LogP contribution in [0, 0.1) is 5.82 Å². The van der Waals surface area contributed by atoms with E-state index in [1.54, 1.807) is 0 Å². The first kappa shape index (κ1) is 12.3. The van der Waals surface area contributed by atoms with Crippen molar-refractivity contribution in [3.8, 4) is 5.75 Å². The summed E-state index contributed by atoms with van der Waals surface area (Å²) in [6.07, 6.45) is 0.767. The molecule has 0 spiro atoms. The van der Waals surface area contributed by atoms with Crippen molar-refractivity contribution in [3.63, 3.8) is 0 Å². The van der Waals surface area contributed by atoms with Crippen LogP contribution in [0.1, 0.15) is 23.7 Å². The predicted octanol–water partition coefficient (Wildman–Crippen LogP) is 1.98. The van der Waals surface area contributed by atoms with Crippen molar-refractivity contribution in [3.05, 3.63) is 23.5 Å². The Kier molecular flexibility index (Phi) is 4.10. The van der Waals surface area contributed by atoms with Crippen molar-refractivity contribution in [2.75, 3.05) is 19.5 Å². The molecule has 0 bridgehead atoms. The van der Waals surface area contributed by atoms with Crippen LogP contribution in [-0.4, -0.2) is 19.7 Å². The number of nitrogens with two attached hydrogens (primary N) is 1. The van der Waals surface area contributed by atoms with Crippen molar-refractivity contribution in [1.82, 2.24) is 0 Å². The Morgan fingerprint density at radius 3 is 2.75 bits per heavy atom. The van der Waals surface area contributed by atoms with Gasteiger partial charge in [0.2, 0.25) is 0 Å². The molecule has 0 aliphatic rings. The molecule has 0 heterocycles. The average Bonchev–Trinajstić information content (AvgIpc) is 2.28. The van der Waals surface area contributed by atoms with Gasteiger partial charge in [-0.05, 0) is 12.5 Å². The number of rotatable bonds is 4. The van der Waals surface area contributed by atoms with Gasteiger partial charge in [0.15, 0.2) is 0 Å². The maximum Gasteiger partial charge on any atom is 0.340 e. The zero-order valence-electron chi connectivity index (χ0n) is 9.25. The Hall–Kier alpha value is -1.78. The van der Waals surface area contributed by atoms with E-state index in [2.05, 4.69) is 4.74 Å².